The van der Waals surface area contributed by atoms with Gasteiger partial charge in [-0.1, -0.05) is 24.3 Å². The van der Waals surface area contributed by atoms with Crippen molar-refractivity contribution in [2.75, 3.05) is 0 Å². The Morgan fingerprint density at radius 2 is 1.67 bits per heavy atom. The lowest BCUT2D eigenvalue weighted by Crippen LogP contribution is -2.16. The molecule has 0 saturated heterocycles. The maximum Gasteiger partial charge on any atom is 0.0626 e. The predicted octanol–water partition coefficient (Wildman–Crippen LogP) is 3.06. The molecule has 0 saturated carbocycles. The molecule has 0 fully saturated rings. The van der Waals surface area contributed by atoms with Crippen molar-refractivity contribution >= 4 is 0 Å². The van der Waals surface area contributed by atoms with Crippen LogP contribution in [0.2, 0.25) is 0 Å². The van der Waals surface area contributed by atoms with E-state index in [4.69, 9.17) is 0 Å². The van der Waals surface area contributed by atoms with E-state index in [1.165, 1.54) is 0 Å². The van der Waals surface area contributed by atoms with Gasteiger partial charge in [0.15, 0.2) is 0 Å². The molecule has 0 aromatic rings. The summed E-state index contributed by atoms with van der Waals surface area (Å²) in [7, 11) is 0. The van der Waals surface area contributed by atoms with Crippen molar-refractivity contribution in [2.45, 2.75) is 45.6 Å². The molecule has 0 aromatic carbocycles. The zero-order chi connectivity index (χ0) is 9.45. The summed E-state index contributed by atoms with van der Waals surface area (Å²) >= 11 is 0. The fourth-order valence-electron chi connectivity index (χ4n) is 0.849. The molecule has 0 amide bonds. The van der Waals surface area contributed by atoms with Gasteiger partial charge in [-0.3, -0.25) is 0 Å². The van der Waals surface area contributed by atoms with Crippen LogP contribution in [0.1, 0.15) is 40.0 Å². The summed E-state index contributed by atoms with van der Waals surface area (Å²) in [5.41, 5.74) is -0.558. The molecule has 12 heavy (non-hydrogen) atoms. The molecule has 0 atom stereocenters. The summed E-state index contributed by atoms with van der Waals surface area (Å²) in [5.74, 6) is 0. The minimum absolute atomic E-state index is 0.558. The quantitative estimate of drug-likeness (QED) is 0.494. The lowest BCUT2D eigenvalue weighted by molar-refractivity contribution is 0.0838. The molecule has 0 aliphatic rings. The van der Waals surface area contributed by atoms with E-state index in [9.17, 15) is 5.11 Å². The average molecular weight is 168 g/mol. The lowest BCUT2D eigenvalue weighted by Gasteiger charge is -2.13. The minimum Gasteiger partial charge on any atom is -0.390 e. The Kier molecular flexibility index (Phi) is 5.73. The summed E-state index contributed by atoms with van der Waals surface area (Å²) in [6.07, 6.45) is 11.3. The van der Waals surface area contributed by atoms with Gasteiger partial charge in [0.1, 0.15) is 0 Å². The van der Waals surface area contributed by atoms with Gasteiger partial charge in [0.05, 0.1) is 5.60 Å². The third kappa shape index (κ3) is 9.44. The summed E-state index contributed by atoms with van der Waals surface area (Å²) in [4.78, 5) is 0. The van der Waals surface area contributed by atoms with Gasteiger partial charge in [0.2, 0.25) is 0 Å². The number of hydrogen-bond donors (Lipinski definition) is 1. The van der Waals surface area contributed by atoms with E-state index in [1.54, 1.807) is 0 Å². The molecule has 1 N–H and O–H groups in total. The number of allylic oxidation sites excluding steroid dienone is 3. The van der Waals surface area contributed by atoms with Crippen LogP contribution in [-0.2, 0) is 0 Å². The Bertz CT molecular complexity index is 149. The van der Waals surface area contributed by atoms with Crippen LogP contribution < -0.4 is 0 Å². The molecule has 0 rings (SSSR count). The van der Waals surface area contributed by atoms with E-state index in [0.717, 1.165) is 19.3 Å². The normalized spacial score (nSPS) is 13.3. The molecular weight excluding hydrogens is 148 g/mol. The van der Waals surface area contributed by atoms with Gasteiger partial charge in [-0.2, -0.15) is 0 Å². The average Bonchev–Trinajstić information content (AvgIpc) is 1.94. The van der Waals surface area contributed by atoms with Crippen molar-refractivity contribution < 1.29 is 5.11 Å². The van der Waals surface area contributed by atoms with Crippen LogP contribution in [0.3, 0.4) is 0 Å². The van der Waals surface area contributed by atoms with E-state index < -0.39 is 5.60 Å². The first-order valence-corrected chi connectivity index (χ1v) is 4.55. The number of unbranched alkanes of at least 4 members (excludes halogenated alkanes) is 1. The van der Waals surface area contributed by atoms with Gasteiger partial charge in [-0.15, -0.1) is 0 Å². The SMILES string of the molecule is CC=CCCC=CCC(C)(C)O. The van der Waals surface area contributed by atoms with Crippen LogP contribution in [0.5, 0.6) is 0 Å². The minimum atomic E-state index is -0.558. The van der Waals surface area contributed by atoms with E-state index in [2.05, 4.69) is 18.2 Å². The Morgan fingerprint density at radius 1 is 1.08 bits per heavy atom. The molecular formula is C11H20O. The Hall–Kier alpha value is -0.560. The predicted molar refractivity (Wildman–Crippen MR) is 54.1 cm³/mol. The third-order valence-electron chi connectivity index (χ3n) is 1.52. The Balaban J connectivity index is 3.38. The highest BCUT2D eigenvalue weighted by Crippen LogP contribution is 2.08. The van der Waals surface area contributed by atoms with Crippen LogP contribution in [0.15, 0.2) is 24.3 Å². The monoisotopic (exact) mass is 168 g/mol. The maximum atomic E-state index is 9.36. The summed E-state index contributed by atoms with van der Waals surface area (Å²) < 4.78 is 0. The molecule has 0 heterocycles. The molecule has 0 radical (unpaired) electrons. The first-order valence-electron chi connectivity index (χ1n) is 4.55. The number of hydrogen-bond acceptors (Lipinski definition) is 1. The molecule has 0 aromatic heterocycles. The molecule has 1 nitrogen and oxygen atoms in total. The smallest absolute Gasteiger partial charge is 0.0626 e. The number of aliphatic hydroxyl groups is 1. The second kappa shape index (κ2) is 6.01. The van der Waals surface area contributed by atoms with Crippen molar-refractivity contribution in [3.63, 3.8) is 0 Å². The van der Waals surface area contributed by atoms with E-state index in [-0.39, 0.29) is 0 Å². The van der Waals surface area contributed by atoms with Crippen molar-refractivity contribution in [1.29, 1.82) is 0 Å². The first-order chi connectivity index (χ1) is 5.56. The van der Waals surface area contributed by atoms with Crippen LogP contribution >= 0.6 is 0 Å². The van der Waals surface area contributed by atoms with Crippen LogP contribution in [0.25, 0.3) is 0 Å². The molecule has 0 spiro atoms. The zero-order valence-corrected chi connectivity index (χ0v) is 8.38. The van der Waals surface area contributed by atoms with Crippen molar-refractivity contribution in [3.05, 3.63) is 24.3 Å². The highest BCUT2D eigenvalue weighted by atomic mass is 16.3. The van der Waals surface area contributed by atoms with Gasteiger partial charge >= 0.3 is 0 Å². The second-order valence-electron chi connectivity index (χ2n) is 3.63. The van der Waals surface area contributed by atoms with Gasteiger partial charge < -0.3 is 5.11 Å². The number of rotatable bonds is 5. The fraction of sp³-hybridized carbons (Fsp3) is 0.636. The molecule has 0 unspecified atom stereocenters. The van der Waals surface area contributed by atoms with E-state index >= 15 is 0 Å². The van der Waals surface area contributed by atoms with Gasteiger partial charge in [0, 0.05) is 0 Å². The highest BCUT2D eigenvalue weighted by Gasteiger charge is 2.08. The fourth-order valence-corrected chi connectivity index (χ4v) is 0.849. The molecule has 0 aliphatic heterocycles. The van der Waals surface area contributed by atoms with Gasteiger partial charge in [-0.25, -0.2) is 0 Å². The van der Waals surface area contributed by atoms with Crippen molar-refractivity contribution in [1.82, 2.24) is 0 Å². The standard InChI is InChI=1S/C11H20O/c1-4-5-6-7-8-9-10-11(2,3)12/h4-5,8-9,12H,6-7,10H2,1-3H3. The molecule has 1 heteroatoms. The van der Waals surface area contributed by atoms with Crippen molar-refractivity contribution in [2.24, 2.45) is 0 Å². The summed E-state index contributed by atoms with van der Waals surface area (Å²) in [5, 5.41) is 9.36. The van der Waals surface area contributed by atoms with Crippen LogP contribution in [0, 0.1) is 0 Å². The Labute approximate surface area is 75.8 Å². The summed E-state index contributed by atoms with van der Waals surface area (Å²) in [6, 6.07) is 0. The third-order valence-corrected chi connectivity index (χ3v) is 1.52. The van der Waals surface area contributed by atoms with Gasteiger partial charge in [0.25, 0.3) is 0 Å². The molecule has 70 valence electrons. The Morgan fingerprint density at radius 3 is 2.17 bits per heavy atom. The maximum absolute atomic E-state index is 9.36. The topological polar surface area (TPSA) is 20.2 Å². The highest BCUT2D eigenvalue weighted by molar-refractivity contribution is 4.89. The van der Waals surface area contributed by atoms with Gasteiger partial charge in [-0.05, 0) is 40.0 Å². The zero-order valence-electron chi connectivity index (χ0n) is 8.38. The van der Waals surface area contributed by atoms with Crippen LogP contribution in [0.4, 0.5) is 0 Å². The second-order valence-corrected chi connectivity index (χ2v) is 3.63. The summed E-state index contributed by atoms with van der Waals surface area (Å²) in [6.45, 7) is 5.67. The largest absolute Gasteiger partial charge is 0.390 e. The van der Waals surface area contributed by atoms with E-state index in [1.807, 2.05) is 26.8 Å². The molecule has 0 aliphatic carbocycles. The first kappa shape index (κ1) is 11.4. The van der Waals surface area contributed by atoms with Crippen molar-refractivity contribution in [3.8, 4) is 0 Å². The lowest BCUT2D eigenvalue weighted by atomic mass is 10.1. The molecule has 0 bridgehead atoms. The van der Waals surface area contributed by atoms with E-state index in [0.29, 0.717) is 0 Å². The van der Waals surface area contributed by atoms with Crippen LogP contribution in [-0.4, -0.2) is 10.7 Å².